The molecule has 6 N–H and O–H groups in total. The van der Waals surface area contributed by atoms with Gasteiger partial charge in [0.2, 0.25) is 5.95 Å². The fourth-order valence-corrected chi connectivity index (χ4v) is 5.19. The van der Waals surface area contributed by atoms with Crippen LogP contribution in [0.2, 0.25) is 0 Å². The van der Waals surface area contributed by atoms with Gasteiger partial charge in [-0.05, 0) is 24.8 Å². The zero-order valence-corrected chi connectivity index (χ0v) is 21.6. The number of thiazole rings is 1. The predicted octanol–water partition coefficient (Wildman–Crippen LogP) is 2.74. The number of nitrogens with one attached hydrogen (secondary N) is 1. The van der Waals surface area contributed by atoms with Crippen LogP contribution in [0.15, 0.2) is 22.6 Å². The van der Waals surface area contributed by atoms with Crippen molar-refractivity contribution in [1.29, 1.82) is 0 Å². The molecule has 1 aliphatic rings. The number of nitrogens with zero attached hydrogens (tertiary/aromatic N) is 5. The Morgan fingerprint density at radius 1 is 1.28 bits per heavy atom. The molecular formula is C25H36N8O2S. The maximum atomic E-state index is 9.48. The molecule has 0 bridgehead atoms. The molecule has 11 heteroatoms. The third-order valence-electron chi connectivity index (χ3n) is 6.29. The number of benzene rings is 1. The Balaban J connectivity index is 1.48. The molecule has 0 amide bonds. The van der Waals surface area contributed by atoms with Gasteiger partial charge < -0.3 is 31.5 Å². The lowest BCUT2D eigenvalue weighted by Crippen LogP contribution is -2.36. The number of aliphatic imine (C=N–C) groups is 1. The van der Waals surface area contributed by atoms with Crippen molar-refractivity contribution in [2.45, 2.75) is 51.7 Å². The predicted molar refractivity (Wildman–Crippen MR) is 147 cm³/mol. The fraction of sp³-hybridized carbons (Fsp3) is 0.520. The minimum atomic E-state index is 0.0000731. The van der Waals surface area contributed by atoms with Crippen LogP contribution in [-0.2, 0) is 17.8 Å². The summed E-state index contributed by atoms with van der Waals surface area (Å²) in [4.78, 5) is 19.8. The summed E-state index contributed by atoms with van der Waals surface area (Å²) >= 11 is 1.65. The van der Waals surface area contributed by atoms with E-state index in [0.717, 1.165) is 63.1 Å². The van der Waals surface area contributed by atoms with E-state index in [0.29, 0.717) is 36.3 Å². The topological polar surface area (TPSA) is 148 Å². The van der Waals surface area contributed by atoms with Crippen molar-refractivity contribution >= 4 is 45.2 Å². The van der Waals surface area contributed by atoms with Gasteiger partial charge in [0.25, 0.3) is 0 Å². The minimum absolute atomic E-state index is 0.0000731. The lowest BCUT2D eigenvalue weighted by molar-refractivity contribution is 0.0700. The maximum absolute atomic E-state index is 9.48. The van der Waals surface area contributed by atoms with Gasteiger partial charge in [0.05, 0.1) is 35.5 Å². The fourth-order valence-electron chi connectivity index (χ4n) is 4.34. The average molecular weight is 513 g/mol. The molecule has 1 fully saturated rings. The van der Waals surface area contributed by atoms with Crippen LogP contribution in [0.25, 0.3) is 10.2 Å². The first-order chi connectivity index (χ1) is 17.6. The molecule has 10 nitrogen and oxygen atoms in total. The van der Waals surface area contributed by atoms with Gasteiger partial charge in [0, 0.05) is 44.1 Å². The van der Waals surface area contributed by atoms with Gasteiger partial charge in [0.15, 0.2) is 5.82 Å². The van der Waals surface area contributed by atoms with Crippen LogP contribution in [0.1, 0.15) is 49.4 Å². The van der Waals surface area contributed by atoms with Crippen LogP contribution < -0.4 is 21.7 Å². The summed E-state index contributed by atoms with van der Waals surface area (Å²) in [6, 6.07) is 4.64. The first-order valence-corrected chi connectivity index (χ1v) is 13.4. The lowest BCUT2D eigenvalue weighted by Gasteiger charge is -2.24. The molecule has 0 spiro atoms. The summed E-state index contributed by atoms with van der Waals surface area (Å²) in [5.41, 5.74) is 18.4. The van der Waals surface area contributed by atoms with Crippen LogP contribution in [0.3, 0.4) is 0 Å². The van der Waals surface area contributed by atoms with Crippen molar-refractivity contribution in [2.24, 2.45) is 4.99 Å². The summed E-state index contributed by atoms with van der Waals surface area (Å²) < 4.78 is 6.76. The van der Waals surface area contributed by atoms with E-state index in [-0.39, 0.29) is 12.6 Å². The number of nitrogens with two attached hydrogens (primary N) is 2. The van der Waals surface area contributed by atoms with Crippen molar-refractivity contribution in [3.05, 3.63) is 34.5 Å². The molecule has 0 aliphatic carbocycles. The van der Waals surface area contributed by atoms with Crippen molar-refractivity contribution in [1.82, 2.24) is 20.3 Å². The molecule has 1 aliphatic heterocycles. The Hall–Kier alpha value is -2.86. The van der Waals surface area contributed by atoms with Gasteiger partial charge in [-0.3, -0.25) is 4.99 Å². The maximum Gasteiger partial charge on any atom is 0.222 e. The number of hydrogen-bond donors (Lipinski definition) is 4. The highest BCUT2D eigenvalue weighted by molar-refractivity contribution is 7.17. The van der Waals surface area contributed by atoms with Crippen LogP contribution >= 0.6 is 11.3 Å². The number of fused-ring (bicyclic) bond motifs is 1. The van der Waals surface area contributed by atoms with E-state index in [1.54, 1.807) is 17.6 Å². The smallest absolute Gasteiger partial charge is 0.222 e. The average Bonchev–Trinajstić information content (AvgIpc) is 3.39. The number of unbranched alkanes of at least 4 members (excludes halogenated alkanes) is 1. The number of ether oxygens (including phenoxy) is 1. The first-order valence-electron chi connectivity index (χ1n) is 12.5. The summed E-state index contributed by atoms with van der Waals surface area (Å²) in [7, 11) is 0. The summed E-state index contributed by atoms with van der Waals surface area (Å²) in [6.07, 6.45) is 5.87. The number of rotatable bonds is 12. The normalized spacial score (nSPS) is 16.2. The zero-order valence-electron chi connectivity index (χ0n) is 20.8. The molecule has 1 aromatic carbocycles. The van der Waals surface area contributed by atoms with Crippen LogP contribution in [0.4, 0.5) is 17.5 Å². The largest absolute Gasteiger partial charge is 0.395 e. The summed E-state index contributed by atoms with van der Waals surface area (Å²) in [6.45, 7) is 6.13. The number of aliphatic hydroxyl groups is 1. The van der Waals surface area contributed by atoms with Gasteiger partial charge in [-0.1, -0.05) is 25.5 Å². The number of hydrogen-bond acceptors (Lipinski definition) is 11. The van der Waals surface area contributed by atoms with Crippen LogP contribution in [0.5, 0.6) is 0 Å². The molecule has 194 valence electrons. The second kappa shape index (κ2) is 12.9. The van der Waals surface area contributed by atoms with Crippen LogP contribution in [-0.4, -0.2) is 65.2 Å². The van der Waals surface area contributed by atoms with E-state index < -0.39 is 0 Å². The number of aromatic nitrogens is 3. The Bertz CT molecular complexity index is 1160. The SMILES string of the molecule is CCCCN(CCO)c1nc(N)nc(C=NCc2ccc(CNC3CCCOC3)c3scnc23)c1N. The lowest BCUT2D eigenvalue weighted by atomic mass is 10.1. The van der Waals surface area contributed by atoms with Gasteiger partial charge >= 0.3 is 0 Å². The molecule has 1 atom stereocenters. The molecule has 0 saturated carbocycles. The monoisotopic (exact) mass is 512 g/mol. The van der Waals surface area contributed by atoms with Crippen molar-refractivity contribution in [2.75, 3.05) is 49.3 Å². The molecule has 4 rings (SSSR count). The molecule has 0 radical (unpaired) electrons. The second-order valence-corrected chi connectivity index (χ2v) is 9.80. The van der Waals surface area contributed by atoms with E-state index >= 15 is 0 Å². The highest BCUT2D eigenvalue weighted by atomic mass is 32.1. The number of anilines is 3. The molecule has 3 heterocycles. The zero-order chi connectivity index (χ0) is 25.3. The van der Waals surface area contributed by atoms with E-state index in [4.69, 9.17) is 16.2 Å². The van der Waals surface area contributed by atoms with E-state index in [1.165, 1.54) is 10.3 Å². The Kier molecular flexibility index (Phi) is 9.40. The van der Waals surface area contributed by atoms with E-state index in [1.807, 2.05) is 10.4 Å². The molecule has 3 aromatic rings. The second-order valence-electron chi connectivity index (χ2n) is 8.95. The molecule has 2 aromatic heterocycles. The van der Waals surface area contributed by atoms with Gasteiger partial charge in [-0.2, -0.15) is 4.98 Å². The number of aliphatic hydroxyl groups excluding tert-OH is 1. The molecule has 36 heavy (non-hydrogen) atoms. The van der Waals surface area contributed by atoms with Gasteiger partial charge in [-0.15, -0.1) is 11.3 Å². The highest BCUT2D eigenvalue weighted by Gasteiger charge is 2.17. The van der Waals surface area contributed by atoms with Crippen molar-refractivity contribution in [3.8, 4) is 0 Å². The summed E-state index contributed by atoms with van der Waals surface area (Å²) in [5, 5.41) is 13.1. The quantitative estimate of drug-likeness (QED) is 0.269. The highest BCUT2D eigenvalue weighted by Crippen LogP contribution is 2.27. The van der Waals surface area contributed by atoms with Crippen molar-refractivity contribution in [3.63, 3.8) is 0 Å². The van der Waals surface area contributed by atoms with E-state index in [2.05, 4.69) is 44.3 Å². The molecule has 1 saturated heterocycles. The van der Waals surface area contributed by atoms with Crippen molar-refractivity contribution < 1.29 is 9.84 Å². The Labute approximate surface area is 215 Å². The standard InChI is InChI=1S/C25H36N8O2S/c1-2-3-8-33(9-10-34)24-21(26)20(31-25(27)32-24)14-28-12-17-6-7-18(23-22(17)30-16-36-23)13-29-19-5-4-11-35-15-19/h6-7,14,16,19,29,34H,2-5,8-13,15,26H2,1H3,(H2,27,31,32). The number of nitrogen functional groups attached to an aromatic ring is 2. The third-order valence-corrected chi connectivity index (χ3v) is 7.19. The third kappa shape index (κ3) is 6.47. The van der Waals surface area contributed by atoms with Gasteiger partial charge in [-0.25, -0.2) is 9.97 Å². The van der Waals surface area contributed by atoms with Crippen LogP contribution in [0, 0.1) is 0 Å². The molecular weight excluding hydrogens is 476 g/mol. The Morgan fingerprint density at radius 2 is 2.14 bits per heavy atom. The first kappa shape index (κ1) is 26.2. The molecule has 1 unspecified atom stereocenters. The Morgan fingerprint density at radius 3 is 2.92 bits per heavy atom. The summed E-state index contributed by atoms with van der Waals surface area (Å²) in [5.74, 6) is 0.663. The minimum Gasteiger partial charge on any atom is -0.395 e. The van der Waals surface area contributed by atoms with Gasteiger partial charge in [0.1, 0.15) is 11.4 Å². The van der Waals surface area contributed by atoms with E-state index in [9.17, 15) is 5.11 Å².